The molecule has 1 aromatic carbocycles. The summed E-state index contributed by atoms with van der Waals surface area (Å²) in [4.78, 5) is 20.5. The van der Waals surface area contributed by atoms with Gasteiger partial charge in [0.25, 0.3) is 0 Å². The fourth-order valence-electron chi connectivity index (χ4n) is 3.05. The number of nitrogens with zero attached hydrogens (tertiary/aromatic N) is 3. The second kappa shape index (κ2) is 6.53. The van der Waals surface area contributed by atoms with E-state index >= 15 is 0 Å². The zero-order chi connectivity index (χ0) is 18.2. The molecule has 1 fully saturated rings. The van der Waals surface area contributed by atoms with Gasteiger partial charge >= 0.3 is 5.97 Å². The molecule has 25 heavy (non-hydrogen) atoms. The molecule has 7 nitrogen and oxygen atoms in total. The molecule has 1 aliphatic heterocycles. The van der Waals surface area contributed by atoms with Gasteiger partial charge in [-0.05, 0) is 25.5 Å². The van der Waals surface area contributed by atoms with Crippen molar-refractivity contribution in [1.29, 1.82) is 0 Å². The molecule has 1 aromatic heterocycles. The summed E-state index contributed by atoms with van der Waals surface area (Å²) in [7, 11) is -3.23. The third-order valence-corrected chi connectivity index (χ3v) is 5.56. The summed E-state index contributed by atoms with van der Waals surface area (Å²) >= 11 is 0. The molecule has 1 atom stereocenters. The average molecular weight is 361 g/mol. The van der Waals surface area contributed by atoms with Gasteiger partial charge in [-0.1, -0.05) is 18.2 Å². The van der Waals surface area contributed by atoms with Gasteiger partial charge in [-0.2, -0.15) is 0 Å². The monoisotopic (exact) mass is 361 g/mol. The molecule has 0 saturated carbocycles. The van der Waals surface area contributed by atoms with Gasteiger partial charge in [0.2, 0.25) is 10.0 Å². The van der Waals surface area contributed by atoms with E-state index in [0.717, 1.165) is 5.69 Å². The Balaban J connectivity index is 1.99. The summed E-state index contributed by atoms with van der Waals surface area (Å²) < 4.78 is 24.8. The Bertz CT molecular complexity index is 927. The normalized spacial score (nSPS) is 18.4. The number of rotatable bonds is 4. The lowest BCUT2D eigenvalue weighted by Gasteiger charge is -2.14. The smallest absolute Gasteiger partial charge is 0.336 e. The Hall–Kier alpha value is -2.32. The van der Waals surface area contributed by atoms with Crippen LogP contribution in [0.4, 0.5) is 0 Å². The van der Waals surface area contributed by atoms with Crippen LogP contribution in [0.2, 0.25) is 0 Å². The minimum Gasteiger partial charge on any atom is -0.478 e. The summed E-state index contributed by atoms with van der Waals surface area (Å²) in [5.74, 6) is -0.552. The van der Waals surface area contributed by atoms with Crippen LogP contribution in [0.25, 0.3) is 11.3 Å². The average Bonchev–Trinajstić information content (AvgIpc) is 3.04. The second-order valence-corrected chi connectivity index (χ2v) is 8.19. The van der Waals surface area contributed by atoms with Gasteiger partial charge in [-0.25, -0.2) is 27.5 Å². The summed E-state index contributed by atoms with van der Waals surface area (Å²) in [6.07, 6.45) is 1.84. The maximum Gasteiger partial charge on any atom is 0.336 e. The highest BCUT2D eigenvalue weighted by Gasteiger charge is 2.31. The predicted molar refractivity (Wildman–Crippen MR) is 92.9 cm³/mol. The van der Waals surface area contributed by atoms with Crippen molar-refractivity contribution >= 4 is 16.0 Å². The lowest BCUT2D eigenvalue weighted by molar-refractivity contribution is 0.0697. The Morgan fingerprint density at radius 3 is 2.64 bits per heavy atom. The third-order valence-electron chi connectivity index (χ3n) is 4.29. The fraction of sp³-hybridized carbons (Fsp3) is 0.353. The van der Waals surface area contributed by atoms with E-state index in [2.05, 4.69) is 9.97 Å². The number of carboxylic acids is 1. The van der Waals surface area contributed by atoms with Gasteiger partial charge in [0, 0.05) is 30.3 Å². The molecule has 1 N–H and O–H groups in total. The molecule has 2 aromatic rings. The number of hydrogen-bond acceptors (Lipinski definition) is 5. The first-order valence-electron chi connectivity index (χ1n) is 7.89. The molecule has 0 radical (unpaired) electrons. The zero-order valence-electron chi connectivity index (χ0n) is 14.0. The van der Waals surface area contributed by atoms with Crippen molar-refractivity contribution in [3.8, 4) is 11.3 Å². The number of carboxylic acid groups (broad SMARTS) is 1. The Morgan fingerprint density at radius 1 is 1.28 bits per heavy atom. The highest BCUT2D eigenvalue weighted by Crippen LogP contribution is 2.29. The van der Waals surface area contributed by atoms with Gasteiger partial charge in [-0.3, -0.25) is 0 Å². The number of sulfonamides is 1. The molecule has 1 aliphatic rings. The maximum absolute atomic E-state index is 11.7. The van der Waals surface area contributed by atoms with Gasteiger partial charge < -0.3 is 5.11 Å². The van der Waals surface area contributed by atoms with E-state index in [9.17, 15) is 18.3 Å². The van der Waals surface area contributed by atoms with Crippen LogP contribution < -0.4 is 0 Å². The maximum atomic E-state index is 11.7. The standard InChI is InChI=1S/C17H19N3O4S/c1-11-9-15(13-5-3-4-6-14(13)17(21)22)19-16(18-11)12-7-8-20(10-12)25(2,23)24/h3-6,9,12H,7-8,10H2,1-2H3,(H,21,22)/t12-/m1/s1. The zero-order valence-corrected chi connectivity index (χ0v) is 14.8. The minimum atomic E-state index is -3.23. The van der Waals surface area contributed by atoms with Crippen LogP contribution >= 0.6 is 0 Å². The second-order valence-electron chi connectivity index (χ2n) is 6.21. The highest BCUT2D eigenvalue weighted by molar-refractivity contribution is 7.88. The minimum absolute atomic E-state index is 0.0923. The number of carbonyl (C=O) groups is 1. The van der Waals surface area contributed by atoms with Crippen LogP contribution in [0.5, 0.6) is 0 Å². The molecule has 1 saturated heterocycles. The van der Waals surface area contributed by atoms with Crippen LogP contribution in [-0.4, -0.2) is 53.1 Å². The summed E-state index contributed by atoms with van der Waals surface area (Å²) in [6.45, 7) is 2.62. The van der Waals surface area contributed by atoms with E-state index in [1.54, 1.807) is 24.3 Å². The van der Waals surface area contributed by atoms with E-state index < -0.39 is 16.0 Å². The molecule has 0 aliphatic carbocycles. The topological polar surface area (TPSA) is 100 Å². The first-order valence-corrected chi connectivity index (χ1v) is 9.74. The van der Waals surface area contributed by atoms with Crippen LogP contribution in [-0.2, 0) is 10.0 Å². The van der Waals surface area contributed by atoms with Crippen molar-refractivity contribution < 1.29 is 18.3 Å². The Morgan fingerprint density at radius 2 is 2.00 bits per heavy atom. The SMILES string of the molecule is Cc1cc(-c2ccccc2C(=O)O)nc([C@@H]2CCN(S(C)(=O)=O)C2)n1. The van der Waals surface area contributed by atoms with E-state index in [-0.39, 0.29) is 11.5 Å². The number of aryl methyl sites for hydroxylation is 1. The Kier molecular flexibility index (Phi) is 4.57. The van der Waals surface area contributed by atoms with Crippen LogP contribution in [0.3, 0.4) is 0 Å². The van der Waals surface area contributed by atoms with E-state index in [4.69, 9.17) is 0 Å². The molecule has 3 rings (SSSR count). The van der Waals surface area contributed by atoms with Crippen LogP contribution in [0, 0.1) is 6.92 Å². The van der Waals surface area contributed by atoms with Crippen molar-refractivity contribution in [3.05, 3.63) is 47.4 Å². The highest BCUT2D eigenvalue weighted by atomic mass is 32.2. The molecule has 0 unspecified atom stereocenters. The lowest BCUT2D eigenvalue weighted by Crippen LogP contribution is -2.27. The first kappa shape index (κ1) is 17.5. The molecule has 132 valence electrons. The van der Waals surface area contributed by atoms with Crippen molar-refractivity contribution in [2.24, 2.45) is 0 Å². The predicted octanol–water partition coefficient (Wildman–Crippen LogP) is 1.90. The first-order chi connectivity index (χ1) is 11.8. The molecule has 2 heterocycles. The molecular weight excluding hydrogens is 342 g/mol. The van der Waals surface area contributed by atoms with Crippen molar-refractivity contribution in [3.63, 3.8) is 0 Å². The lowest BCUT2D eigenvalue weighted by atomic mass is 10.0. The van der Waals surface area contributed by atoms with Gasteiger partial charge in [0.15, 0.2) is 0 Å². The van der Waals surface area contributed by atoms with Crippen molar-refractivity contribution in [2.45, 2.75) is 19.3 Å². The van der Waals surface area contributed by atoms with Gasteiger partial charge in [0.1, 0.15) is 5.82 Å². The van der Waals surface area contributed by atoms with Crippen molar-refractivity contribution in [2.75, 3.05) is 19.3 Å². The van der Waals surface area contributed by atoms with Crippen LogP contribution in [0.15, 0.2) is 30.3 Å². The third kappa shape index (κ3) is 3.69. The fourth-order valence-corrected chi connectivity index (χ4v) is 3.93. The largest absolute Gasteiger partial charge is 0.478 e. The van der Waals surface area contributed by atoms with Crippen molar-refractivity contribution in [1.82, 2.24) is 14.3 Å². The summed E-state index contributed by atoms with van der Waals surface area (Å²) in [5, 5.41) is 9.38. The molecule has 0 bridgehead atoms. The Labute approximate surface area is 146 Å². The molecular formula is C17H19N3O4S. The van der Waals surface area contributed by atoms with E-state index in [1.807, 2.05) is 6.92 Å². The van der Waals surface area contributed by atoms with E-state index in [0.29, 0.717) is 36.6 Å². The summed E-state index contributed by atoms with van der Waals surface area (Å²) in [5.41, 5.74) is 1.96. The quantitative estimate of drug-likeness (QED) is 0.893. The number of benzene rings is 1. The van der Waals surface area contributed by atoms with E-state index in [1.165, 1.54) is 16.6 Å². The van der Waals surface area contributed by atoms with Gasteiger partial charge in [0.05, 0.1) is 17.5 Å². The number of aromatic carboxylic acids is 1. The number of aromatic nitrogens is 2. The molecule has 0 amide bonds. The summed E-state index contributed by atoms with van der Waals surface area (Å²) in [6, 6.07) is 8.43. The van der Waals surface area contributed by atoms with Gasteiger partial charge in [-0.15, -0.1) is 0 Å². The molecule has 8 heteroatoms. The van der Waals surface area contributed by atoms with Crippen LogP contribution in [0.1, 0.15) is 34.2 Å². The number of hydrogen-bond donors (Lipinski definition) is 1. The molecule has 0 spiro atoms.